The molecule has 0 aliphatic carbocycles. The van der Waals surface area contributed by atoms with Crippen LogP contribution in [0.5, 0.6) is 0 Å². The first-order valence-electron chi connectivity index (χ1n) is 5.24. The minimum Gasteiger partial charge on any atom is -0.338 e. The van der Waals surface area contributed by atoms with Crippen molar-refractivity contribution in [2.45, 2.75) is 5.16 Å². The van der Waals surface area contributed by atoms with Gasteiger partial charge in [0.1, 0.15) is 23.3 Å². The number of anilines is 3. The number of nitrogens with one attached hydrogen (secondary N) is 2. The van der Waals surface area contributed by atoms with Gasteiger partial charge in [-0.3, -0.25) is 0 Å². The maximum atomic E-state index is 13.5. The summed E-state index contributed by atoms with van der Waals surface area (Å²) in [6.07, 6.45) is 1.79. The Morgan fingerprint density at radius 1 is 1.16 bits per heavy atom. The lowest BCUT2D eigenvalue weighted by Crippen LogP contribution is -2.10. The molecule has 0 saturated heterocycles. The van der Waals surface area contributed by atoms with Crippen LogP contribution in [0.3, 0.4) is 0 Å². The summed E-state index contributed by atoms with van der Waals surface area (Å²) in [5.74, 6) is 4.85. The lowest BCUT2D eigenvalue weighted by molar-refractivity contribution is 0.603. The number of halogens is 2. The third-order valence-corrected chi connectivity index (χ3v) is 2.77. The SMILES string of the molecule is CSc1nc(NN)cc(Nc2cc(F)ccc2F)n1. The van der Waals surface area contributed by atoms with Gasteiger partial charge in [0.25, 0.3) is 0 Å². The molecule has 8 heteroatoms. The van der Waals surface area contributed by atoms with E-state index in [0.717, 1.165) is 18.2 Å². The molecular weight excluding hydrogens is 272 g/mol. The molecule has 0 aliphatic rings. The molecule has 2 aromatic rings. The van der Waals surface area contributed by atoms with E-state index in [1.807, 2.05) is 0 Å². The number of rotatable bonds is 4. The number of nitrogens with two attached hydrogens (primary N) is 1. The van der Waals surface area contributed by atoms with E-state index in [1.165, 1.54) is 17.8 Å². The highest BCUT2D eigenvalue weighted by Gasteiger charge is 2.07. The third kappa shape index (κ3) is 3.30. The van der Waals surface area contributed by atoms with E-state index in [1.54, 1.807) is 6.26 Å². The van der Waals surface area contributed by atoms with Crippen LogP contribution in [0, 0.1) is 11.6 Å². The summed E-state index contributed by atoms with van der Waals surface area (Å²) in [6, 6.07) is 4.62. The van der Waals surface area contributed by atoms with Gasteiger partial charge in [-0.2, -0.15) is 0 Å². The Morgan fingerprint density at radius 2 is 1.89 bits per heavy atom. The Kier molecular flexibility index (Phi) is 4.13. The summed E-state index contributed by atoms with van der Waals surface area (Å²) in [5, 5.41) is 3.14. The van der Waals surface area contributed by atoms with Crippen LogP contribution in [0.15, 0.2) is 29.4 Å². The van der Waals surface area contributed by atoms with Crippen molar-refractivity contribution in [2.75, 3.05) is 17.0 Å². The zero-order valence-electron chi connectivity index (χ0n) is 9.95. The first-order chi connectivity index (χ1) is 9.12. The molecule has 0 spiro atoms. The second-order valence-electron chi connectivity index (χ2n) is 3.52. The first kappa shape index (κ1) is 13.5. The minimum absolute atomic E-state index is 0.00581. The zero-order chi connectivity index (χ0) is 13.8. The van der Waals surface area contributed by atoms with Crippen LogP contribution in [0.1, 0.15) is 0 Å². The number of hydrogen-bond donors (Lipinski definition) is 3. The molecule has 0 bridgehead atoms. The van der Waals surface area contributed by atoms with Crippen LogP contribution in [-0.2, 0) is 0 Å². The molecule has 5 nitrogen and oxygen atoms in total. The lowest BCUT2D eigenvalue weighted by Gasteiger charge is -2.09. The summed E-state index contributed by atoms with van der Waals surface area (Å²) in [6.45, 7) is 0. The van der Waals surface area contributed by atoms with Crippen molar-refractivity contribution >= 4 is 29.1 Å². The van der Waals surface area contributed by atoms with Crippen LogP contribution >= 0.6 is 11.8 Å². The smallest absolute Gasteiger partial charge is 0.191 e. The van der Waals surface area contributed by atoms with E-state index in [9.17, 15) is 8.78 Å². The number of nitrogens with zero attached hydrogens (tertiary/aromatic N) is 2. The Bertz CT molecular complexity index is 571. The molecule has 0 aliphatic heterocycles. The predicted molar refractivity (Wildman–Crippen MR) is 71.3 cm³/mol. The molecule has 0 saturated carbocycles. The highest BCUT2D eigenvalue weighted by atomic mass is 32.2. The highest BCUT2D eigenvalue weighted by molar-refractivity contribution is 7.98. The Balaban J connectivity index is 2.34. The van der Waals surface area contributed by atoms with Crippen LogP contribution in [-0.4, -0.2) is 16.2 Å². The van der Waals surface area contributed by atoms with E-state index in [-0.39, 0.29) is 5.69 Å². The van der Waals surface area contributed by atoms with Gasteiger partial charge >= 0.3 is 0 Å². The van der Waals surface area contributed by atoms with Gasteiger partial charge < -0.3 is 10.7 Å². The molecular formula is C11H11F2N5S. The Labute approximate surface area is 112 Å². The van der Waals surface area contributed by atoms with Gasteiger partial charge in [0.15, 0.2) is 5.16 Å². The number of hydrazine groups is 1. The quantitative estimate of drug-likeness (QED) is 0.346. The maximum Gasteiger partial charge on any atom is 0.191 e. The molecule has 0 fully saturated rings. The zero-order valence-corrected chi connectivity index (χ0v) is 10.8. The molecule has 2 rings (SSSR count). The normalized spacial score (nSPS) is 10.3. The standard InChI is InChI=1S/C11H11F2N5S/c1-19-11-16-9(5-10(17-11)18-14)15-8-4-6(12)2-3-7(8)13/h2-5H,14H2,1H3,(H2,15,16,17,18). The van der Waals surface area contributed by atoms with Crippen LogP contribution < -0.4 is 16.6 Å². The van der Waals surface area contributed by atoms with E-state index in [2.05, 4.69) is 20.7 Å². The van der Waals surface area contributed by atoms with Gasteiger partial charge in [-0.25, -0.2) is 24.6 Å². The van der Waals surface area contributed by atoms with Crippen molar-refractivity contribution in [1.29, 1.82) is 0 Å². The monoisotopic (exact) mass is 283 g/mol. The van der Waals surface area contributed by atoms with Gasteiger partial charge in [-0.05, 0) is 18.4 Å². The van der Waals surface area contributed by atoms with Crippen LogP contribution in [0.4, 0.5) is 26.1 Å². The number of thioether (sulfide) groups is 1. The lowest BCUT2D eigenvalue weighted by atomic mass is 10.3. The second kappa shape index (κ2) is 5.81. The summed E-state index contributed by atoms with van der Waals surface area (Å²) in [4.78, 5) is 8.18. The molecule has 100 valence electrons. The minimum atomic E-state index is -0.576. The summed E-state index contributed by atoms with van der Waals surface area (Å²) in [5.41, 5.74) is 2.38. The average Bonchev–Trinajstić information content (AvgIpc) is 2.42. The van der Waals surface area contributed by atoms with Crippen LogP contribution in [0.2, 0.25) is 0 Å². The number of benzene rings is 1. The molecule has 0 unspecified atom stereocenters. The van der Waals surface area contributed by atoms with E-state index >= 15 is 0 Å². The fourth-order valence-electron chi connectivity index (χ4n) is 1.39. The van der Waals surface area contributed by atoms with Crippen molar-refractivity contribution < 1.29 is 8.78 Å². The second-order valence-corrected chi connectivity index (χ2v) is 4.29. The fourth-order valence-corrected chi connectivity index (χ4v) is 1.76. The van der Waals surface area contributed by atoms with Crippen molar-refractivity contribution in [2.24, 2.45) is 5.84 Å². The van der Waals surface area contributed by atoms with Gasteiger partial charge in [0, 0.05) is 12.1 Å². The highest BCUT2D eigenvalue weighted by Crippen LogP contribution is 2.23. The van der Waals surface area contributed by atoms with E-state index < -0.39 is 11.6 Å². The maximum absolute atomic E-state index is 13.5. The third-order valence-electron chi connectivity index (χ3n) is 2.23. The summed E-state index contributed by atoms with van der Waals surface area (Å²) < 4.78 is 26.6. The van der Waals surface area contributed by atoms with Crippen molar-refractivity contribution in [1.82, 2.24) is 9.97 Å². The summed E-state index contributed by atoms with van der Waals surface area (Å²) in [7, 11) is 0. The number of hydrogen-bond acceptors (Lipinski definition) is 6. The Hall–Kier alpha value is -1.93. The van der Waals surface area contributed by atoms with Crippen molar-refractivity contribution in [3.63, 3.8) is 0 Å². The largest absolute Gasteiger partial charge is 0.338 e. The number of aromatic nitrogens is 2. The van der Waals surface area contributed by atoms with Gasteiger partial charge in [-0.1, -0.05) is 11.8 Å². The molecule has 1 aromatic heterocycles. The van der Waals surface area contributed by atoms with Gasteiger partial charge in [0.2, 0.25) is 0 Å². The van der Waals surface area contributed by atoms with Crippen molar-refractivity contribution in [3.8, 4) is 0 Å². The molecule has 0 atom stereocenters. The average molecular weight is 283 g/mol. The number of nitrogen functional groups attached to an aromatic ring is 1. The molecule has 1 aromatic carbocycles. The Morgan fingerprint density at radius 3 is 2.58 bits per heavy atom. The fraction of sp³-hybridized carbons (Fsp3) is 0.0909. The van der Waals surface area contributed by atoms with E-state index in [0.29, 0.717) is 16.8 Å². The topological polar surface area (TPSA) is 75.9 Å². The van der Waals surface area contributed by atoms with Crippen LogP contribution in [0.25, 0.3) is 0 Å². The first-order valence-corrected chi connectivity index (χ1v) is 6.46. The van der Waals surface area contributed by atoms with Crippen molar-refractivity contribution in [3.05, 3.63) is 35.9 Å². The molecule has 4 N–H and O–H groups in total. The predicted octanol–water partition coefficient (Wildman–Crippen LogP) is 2.51. The van der Waals surface area contributed by atoms with E-state index in [4.69, 9.17) is 5.84 Å². The molecule has 19 heavy (non-hydrogen) atoms. The molecule has 0 radical (unpaired) electrons. The van der Waals surface area contributed by atoms with Gasteiger partial charge in [0.05, 0.1) is 5.69 Å². The van der Waals surface area contributed by atoms with Gasteiger partial charge in [-0.15, -0.1) is 0 Å². The summed E-state index contributed by atoms with van der Waals surface area (Å²) >= 11 is 1.30. The molecule has 0 amide bonds. The molecule has 1 heterocycles.